The Morgan fingerprint density at radius 3 is 2.47 bits per heavy atom. The molecular weight excluding hydrogens is 412 g/mol. The molecule has 2 aliphatic heterocycles. The highest BCUT2D eigenvalue weighted by Gasteiger charge is 2.51. The van der Waals surface area contributed by atoms with Crippen molar-refractivity contribution >= 4 is 17.8 Å². The Morgan fingerprint density at radius 2 is 1.81 bits per heavy atom. The Labute approximate surface area is 186 Å². The van der Waals surface area contributed by atoms with Gasteiger partial charge in [-0.2, -0.15) is 0 Å². The highest BCUT2D eigenvalue weighted by Crippen LogP contribution is 2.30. The van der Waals surface area contributed by atoms with Crippen LogP contribution in [0.15, 0.2) is 46.9 Å². The van der Waals surface area contributed by atoms with Gasteiger partial charge in [0.25, 0.3) is 5.91 Å². The molecule has 2 aromatic rings. The van der Waals surface area contributed by atoms with Crippen LogP contribution in [0.1, 0.15) is 18.4 Å². The van der Waals surface area contributed by atoms with Gasteiger partial charge in [0.05, 0.1) is 0 Å². The number of piperazine rings is 1. The van der Waals surface area contributed by atoms with Crippen molar-refractivity contribution in [1.29, 1.82) is 0 Å². The molecule has 0 spiro atoms. The number of nitrogens with one attached hydrogen (secondary N) is 1. The fourth-order valence-electron chi connectivity index (χ4n) is 3.98. The lowest BCUT2D eigenvalue weighted by Crippen LogP contribution is -2.52. The zero-order valence-corrected chi connectivity index (χ0v) is 18.4. The third-order valence-corrected chi connectivity index (χ3v) is 5.95. The molecule has 32 heavy (non-hydrogen) atoms. The van der Waals surface area contributed by atoms with Crippen molar-refractivity contribution in [2.45, 2.75) is 19.4 Å². The quantitative estimate of drug-likeness (QED) is 0.657. The molecule has 1 aromatic carbocycles. The maximum atomic E-state index is 12.9. The molecule has 4 amide bonds. The van der Waals surface area contributed by atoms with Crippen molar-refractivity contribution in [1.82, 2.24) is 20.0 Å². The molecule has 1 atom stereocenters. The number of urea groups is 1. The number of hydrogen-bond donors (Lipinski definition) is 1. The lowest BCUT2D eigenvalue weighted by molar-refractivity contribution is -0.140. The first-order valence-electron chi connectivity index (χ1n) is 10.8. The molecule has 2 fully saturated rings. The first-order valence-corrected chi connectivity index (χ1v) is 10.8. The van der Waals surface area contributed by atoms with E-state index >= 15 is 0 Å². The summed E-state index contributed by atoms with van der Waals surface area (Å²) in [6, 6.07) is 12.5. The van der Waals surface area contributed by atoms with E-state index in [1.165, 1.54) is 0 Å². The van der Waals surface area contributed by atoms with Crippen molar-refractivity contribution in [2.24, 2.45) is 0 Å². The third kappa shape index (κ3) is 4.47. The van der Waals surface area contributed by atoms with Gasteiger partial charge in [0, 0.05) is 32.7 Å². The van der Waals surface area contributed by atoms with E-state index in [1.54, 1.807) is 30.9 Å². The van der Waals surface area contributed by atoms with E-state index in [4.69, 9.17) is 9.15 Å². The van der Waals surface area contributed by atoms with Gasteiger partial charge in [-0.05, 0) is 38.1 Å². The van der Waals surface area contributed by atoms with Crippen LogP contribution in [0, 0.1) is 6.92 Å². The van der Waals surface area contributed by atoms with Crippen molar-refractivity contribution in [3.05, 3.63) is 54.0 Å². The van der Waals surface area contributed by atoms with Crippen LogP contribution in [0.25, 0.3) is 0 Å². The van der Waals surface area contributed by atoms with Crippen molar-refractivity contribution in [3.8, 4) is 5.75 Å². The standard InChI is InChI=1S/C23H28N4O5/c1-17-8-9-19(32-17)23(2)21(29)27(22(30)24-23)16-20(28)26-12-10-25(11-13-26)14-15-31-18-6-4-3-5-7-18/h3-9H,10-16H2,1-2H3,(H,24,30). The topological polar surface area (TPSA) is 95.3 Å². The number of carbonyl (C=O) groups excluding carboxylic acids is 3. The van der Waals surface area contributed by atoms with Gasteiger partial charge in [0.2, 0.25) is 5.91 Å². The minimum absolute atomic E-state index is 0.242. The highest BCUT2D eigenvalue weighted by atomic mass is 16.5. The highest BCUT2D eigenvalue weighted by molar-refractivity contribution is 6.08. The number of nitrogens with zero attached hydrogens (tertiary/aromatic N) is 3. The number of para-hydroxylation sites is 1. The predicted molar refractivity (Wildman–Crippen MR) is 116 cm³/mol. The summed E-state index contributed by atoms with van der Waals surface area (Å²) >= 11 is 0. The van der Waals surface area contributed by atoms with Gasteiger partial charge in [-0.25, -0.2) is 4.79 Å². The molecule has 9 heteroatoms. The van der Waals surface area contributed by atoms with Crippen molar-refractivity contribution < 1.29 is 23.5 Å². The molecule has 1 unspecified atom stereocenters. The second-order valence-corrected chi connectivity index (χ2v) is 8.24. The number of carbonyl (C=O) groups is 3. The molecule has 1 N–H and O–H groups in total. The molecule has 0 radical (unpaired) electrons. The Hall–Kier alpha value is -3.33. The van der Waals surface area contributed by atoms with Crippen LogP contribution in [0.5, 0.6) is 5.75 Å². The smallest absolute Gasteiger partial charge is 0.325 e. The monoisotopic (exact) mass is 440 g/mol. The summed E-state index contributed by atoms with van der Waals surface area (Å²) in [6.07, 6.45) is 0. The van der Waals surface area contributed by atoms with Gasteiger partial charge < -0.3 is 19.4 Å². The molecule has 4 rings (SSSR count). The normalized spacial score (nSPS) is 21.7. The van der Waals surface area contributed by atoms with E-state index in [0.29, 0.717) is 44.3 Å². The lowest BCUT2D eigenvalue weighted by Gasteiger charge is -2.35. The Bertz CT molecular complexity index is 983. The fraction of sp³-hybridized carbons (Fsp3) is 0.435. The molecule has 0 aliphatic carbocycles. The number of hydrogen-bond acceptors (Lipinski definition) is 6. The van der Waals surface area contributed by atoms with E-state index in [9.17, 15) is 14.4 Å². The largest absolute Gasteiger partial charge is 0.492 e. The summed E-state index contributed by atoms with van der Waals surface area (Å²) in [5.74, 6) is 1.11. The average Bonchev–Trinajstić information content (AvgIpc) is 3.32. The lowest BCUT2D eigenvalue weighted by atomic mass is 9.99. The van der Waals surface area contributed by atoms with Crippen LogP contribution in [0.4, 0.5) is 4.79 Å². The zero-order valence-electron chi connectivity index (χ0n) is 18.4. The van der Waals surface area contributed by atoms with E-state index in [-0.39, 0.29) is 12.5 Å². The SMILES string of the molecule is Cc1ccc(C2(C)NC(=O)N(CC(=O)N3CCN(CCOc4ccccc4)CC3)C2=O)o1. The van der Waals surface area contributed by atoms with Gasteiger partial charge in [0.1, 0.15) is 30.4 Å². The first kappa shape index (κ1) is 21.9. The second kappa shape index (κ2) is 9.04. The molecule has 0 bridgehead atoms. The van der Waals surface area contributed by atoms with Crippen LogP contribution in [-0.2, 0) is 15.1 Å². The van der Waals surface area contributed by atoms with E-state index < -0.39 is 17.5 Å². The molecule has 2 saturated heterocycles. The first-order chi connectivity index (χ1) is 15.4. The van der Waals surface area contributed by atoms with Crippen LogP contribution in [-0.4, -0.2) is 78.4 Å². The van der Waals surface area contributed by atoms with Gasteiger partial charge in [-0.3, -0.25) is 19.4 Å². The minimum atomic E-state index is -1.30. The Morgan fingerprint density at radius 1 is 1.09 bits per heavy atom. The summed E-state index contributed by atoms with van der Waals surface area (Å²) in [5.41, 5.74) is -1.30. The van der Waals surface area contributed by atoms with Crippen molar-refractivity contribution in [3.63, 3.8) is 0 Å². The Balaban J connectivity index is 1.26. The second-order valence-electron chi connectivity index (χ2n) is 8.24. The van der Waals surface area contributed by atoms with Gasteiger partial charge in [-0.1, -0.05) is 18.2 Å². The number of imide groups is 1. The number of amides is 4. The fourth-order valence-corrected chi connectivity index (χ4v) is 3.98. The third-order valence-electron chi connectivity index (χ3n) is 5.95. The Kier molecular flexibility index (Phi) is 6.18. The summed E-state index contributed by atoms with van der Waals surface area (Å²) < 4.78 is 11.3. The predicted octanol–water partition coefficient (Wildman–Crippen LogP) is 1.58. The summed E-state index contributed by atoms with van der Waals surface area (Å²) in [7, 11) is 0. The number of ether oxygens (including phenoxy) is 1. The number of benzene rings is 1. The summed E-state index contributed by atoms with van der Waals surface area (Å²) in [4.78, 5) is 43.1. The summed E-state index contributed by atoms with van der Waals surface area (Å²) in [5, 5.41) is 2.66. The van der Waals surface area contributed by atoms with Crippen LogP contribution in [0.2, 0.25) is 0 Å². The van der Waals surface area contributed by atoms with Gasteiger partial charge in [0.15, 0.2) is 5.54 Å². The molecular formula is C23H28N4O5. The van der Waals surface area contributed by atoms with Crippen LogP contribution < -0.4 is 10.1 Å². The molecule has 3 heterocycles. The maximum Gasteiger partial charge on any atom is 0.325 e. The average molecular weight is 441 g/mol. The minimum Gasteiger partial charge on any atom is -0.492 e. The zero-order chi connectivity index (χ0) is 22.7. The molecule has 0 saturated carbocycles. The van der Waals surface area contributed by atoms with Crippen LogP contribution in [0.3, 0.4) is 0 Å². The van der Waals surface area contributed by atoms with Crippen molar-refractivity contribution in [2.75, 3.05) is 45.9 Å². The van der Waals surface area contributed by atoms with Gasteiger partial charge in [-0.15, -0.1) is 0 Å². The van der Waals surface area contributed by atoms with E-state index in [1.807, 2.05) is 30.3 Å². The number of furan rings is 1. The van der Waals surface area contributed by atoms with Gasteiger partial charge >= 0.3 is 6.03 Å². The van der Waals surface area contributed by atoms with E-state index in [2.05, 4.69) is 10.2 Å². The number of aryl methyl sites for hydroxylation is 1. The molecule has 2 aliphatic rings. The molecule has 9 nitrogen and oxygen atoms in total. The van der Waals surface area contributed by atoms with Crippen LogP contribution >= 0.6 is 0 Å². The molecule has 1 aromatic heterocycles. The summed E-state index contributed by atoms with van der Waals surface area (Å²) in [6.45, 7) is 6.94. The maximum absolute atomic E-state index is 12.9. The number of rotatable bonds is 7. The van der Waals surface area contributed by atoms with E-state index in [0.717, 1.165) is 17.2 Å². The molecule has 170 valence electrons.